The van der Waals surface area contributed by atoms with E-state index < -0.39 is 8.60 Å². The summed E-state index contributed by atoms with van der Waals surface area (Å²) in [6, 6.07) is 0. The first-order chi connectivity index (χ1) is 11.8. The van der Waals surface area contributed by atoms with E-state index in [9.17, 15) is 0 Å². The predicted molar refractivity (Wildman–Crippen MR) is 106 cm³/mol. The van der Waals surface area contributed by atoms with Crippen LogP contribution in [0.25, 0.3) is 0 Å². The van der Waals surface area contributed by atoms with Crippen LogP contribution in [0.15, 0.2) is 0 Å². The highest BCUT2D eigenvalue weighted by Crippen LogP contribution is 2.40. The average molecular weight is 363 g/mol. The van der Waals surface area contributed by atoms with Crippen molar-refractivity contribution < 1.29 is 13.6 Å². The summed E-state index contributed by atoms with van der Waals surface area (Å²) in [5, 5.41) is 0. The Labute approximate surface area is 153 Å². The molecule has 0 aromatic carbocycles. The molecule has 0 bridgehead atoms. The van der Waals surface area contributed by atoms with Gasteiger partial charge in [-0.2, -0.15) is 0 Å². The van der Waals surface area contributed by atoms with Gasteiger partial charge in [0, 0.05) is 0 Å². The molecule has 0 aromatic rings. The molecule has 0 N–H and O–H groups in total. The van der Waals surface area contributed by atoms with Crippen molar-refractivity contribution in [3.05, 3.63) is 0 Å². The third-order valence-electron chi connectivity index (χ3n) is 4.08. The summed E-state index contributed by atoms with van der Waals surface area (Å²) in [6.07, 6.45) is 18.0. The first-order valence-corrected chi connectivity index (χ1v) is 11.6. The molecule has 0 aliphatic rings. The van der Waals surface area contributed by atoms with Crippen LogP contribution in [-0.4, -0.2) is 19.8 Å². The number of unbranched alkanes of at least 4 members (excludes halogenated alkanes) is 11. The topological polar surface area (TPSA) is 27.7 Å². The molecule has 0 fully saturated rings. The van der Waals surface area contributed by atoms with Crippen molar-refractivity contribution in [3.8, 4) is 0 Å². The molecule has 0 rings (SSSR count). The van der Waals surface area contributed by atoms with E-state index in [-0.39, 0.29) is 0 Å². The molecule has 146 valence electrons. The van der Waals surface area contributed by atoms with E-state index >= 15 is 0 Å². The van der Waals surface area contributed by atoms with E-state index in [0.717, 1.165) is 51.9 Å². The van der Waals surface area contributed by atoms with Gasteiger partial charge in [0.25, 0.3) is 0 Å². The molecule has 0 amide bonds. The van der Waals surface area contributed by atoms with Crippen LogP contribution in [-0.2, 0) is 13.6 Å². The van der Waals surface area contributed by atoms with Crippen LogP contribution in [0.1, 0.15) is 111 Å². The van der Waals surface area contributed by atoms with Crippen LogP contribution in [0.5, 0.6) is 0 Å². The Morgan fingerprint density at radius 3 is 1.17 bits per heavy atom. The normalized spacial score (nSPS) is 11.5. The molecule has 0 aromatic heterocycles. The van der Waals surface area contributed by atoms with Crippen molar-refractivity contribution >= 4 is 8.60 Å². The predicted octanol–water partition coefficient (Wildman–Crippen LogP) is 7.78. The van der Waals surface area contributed by atoms with Gasteiger partial charge in [-0.25, -0.2) is 0 Å². The molecule has 3 nitrogen and oxygen atoms in total. The molecule has 0 saturated heterocycles. The Morgan fingerprint density at radius 1 is 0.417 bits per heavy atom. The monoisotopic (exact) mass is 362 g/mol. The van der Waals surface area contributed by atoms with E-state index in [1.165, 1.54) is 57.8 Å². The van der Waals surface area contributed by atoms with Gasteiger partial charge >= 0.3 is 8.60 Å². The standard InChI is InChI=1S/C20H43O3P/c1-4-7-10-11-12-13-14-15-16-17-20-23-24(21-18-8-5-2)22-19-9-6-3/h4-20H2,1-3H3. The second-order valence-corrected chi connectivity index (χ2v) is 7.83. The largest absolute Gasteiger partial charge is 0.332 e. The van der Waals surface area contributed by atoms with E-state index in [4.69, 9.17) is 13.6 Å². The van der Waals surface area contributed by atoms with E-state index in [1.807, 2.05) is 0 Å². The van der Waals surface area contributed by atoms with Crippen LogP contribution >= 0.6 is 8.60 Å². The number of hydrogen-bond acceptors (Lipinski definition) is 3. The Balaban J connectivity index is 3.46. The summed E-state index contributed by atoms with van der Waals surface area (Å²) in [4.78, 5) is 0. The zero-order valence-electron chi connectivity index (χ0n) is 16.7. The molecule has 0 aliphatic carbocycles. The lowest BCUT2D eigenvalue weighted by Crippen LogP contribution is -2.00. The summed E-state index contributed by atoms with van der Waals surface area (Å²) in [7, 11) is -1.12. The van der Waals surface area contributed by atoms with Crippen LogP contribution in [0.3, 0.4) is 0 Å². The smallest absolute Gasteiger partial charge is 0.312 e. The molecule has 0 spiro atoms. The fourth-order valence-corrected chi connectivity index (χ4v) is 3.47. The minimum Gasteiger partial charge on any atom is -0.312 e. The third-order valence-corrected chi connectivity index (χ3v) is 5.26. The van der Waals surface area contributed by atoms with E-state index in [1.54, 1.807) is 0 Å². The van der Waals surface area contributed by atoms with Crippen LogP contribution < -0.4 is 0 Å². The van der Waals surface area contributed by atoms with Crippen molar-refractivity contribution in [2.24, 2.45) is 0 Å². The molecule has 0 heterocycles. The number of hydrogen-bond donors (Lipinski definition) is 0. The Morgan fingerprint density at radius 2 is 0.750 bits per heavy atom. The maximum Gasteiger partial charge on any atom is 0.332 e. The Kier molecular flexibility index (Phi) is 21.6. The van der Waals surface area contributed by atoms with Gasteiger partial charge in [-0.05, 0) is 19.3 Å². The molecule has 24 heavy (non-hydrogen) atoms. The fraction of sp³-hybridized carbons (Fsp3) is 1.00. The summed E-state index contributed by atoms with van der Waals surface area (Å²) in [5.41, 5.74) is 0. The lowest BCUT2D eigenvalue weighted by molar-refractivity contribution is 0.155. The minimum absolute atomic E-state index is 0.756. The van der Waals surface area contributed by atoms with Crippen molar-refractivity contribution in [2.75, 3.05) is 19.8 Å². The van der Waals surface area contributed by atoms with Crippen molar-refractivity contribution in [1.29, 1.82) is 0 Å². The highest BCUT2D eigenvalue weighted by Gasteiger charge is 2.11. The van der Waals surface area contributed by atoms with Gasteiger partial charge in [0.15, 0.2) is 0 Å². The first kappa shape index (κ1) is 24.3. The average Bonchev–Trinajstić information content (AvgIpc) is 2.59. The zero-order valence-corrected chi connectivity index (χ0v) is 17.6. The summed E-state index contributed by atoms with van der Waals surface area (Å²) in [6.45, 7) is 8.92. The van der Waals surface area contributed by atoms with Crippen LogP contribution in [0.4, 0.5) is 0 Å². The molecule has 0 aliphatic heterocycles. The maximum atomic E-state index is 5.83. The maximum absolute atomic E-state index is 5.83. The molecular weight excluding hydrogens is 319 g/mol. The second kappa shape index (κ2) is 21.4. The molecule has 0 radical (unpaired) electrons. The van der Waals surface area contributed by atoms with Crippen molar-refractivity contribution in [3.63, 3.8) is 0 Å². The summed E-state index contributed by atoms with van der Waals surface area (Å²) < 4.78 is 17.3. The number of rotatable bonds is 20. The molecule has 0 unspecified atom stereocenters. The van der Waals surface area contributed by atoms with Crippen molar-refractivity contribution in [2.45, 2.75) is 111 Å². The fourth-order valence-electron chi connectivity index (χ4n) is 2.41. The molecule has 0 saturated carbocycles. The summed E-state index contributed by atoms with van der Waals surface area (Å²) >= 11 is 0. The zero-order chi connectivity index (χ0) is 17.7. The third kappa shape index (κ3) is 18.6. The molecular formula is C20H43O3P. The molecule has 0 atom stereocenters. The Hall–Kier alpha value is 0.310. The Bertz CT molecular complexity index is 217. The van der Waals surface area contributed by atoms with Gasteiger partial charge in [0.05, 0.1) is 19.8 Å². The van der Waals surface area contributed by atoms with E-state index in [0.29, 0.717) is 0 Å². The lowest BCUT2D eigenvalue weighted by Gasteiger charge is -2.16. The van der Waals surface area contributed by atoms with Crippen LogP contribution in [0, 0.1) is 0 Å². The first-order valence-electron chi connectivity index (χ1n) is 10.5. The van der Waals surface area contributed by atoms with E-state index in [2.05, 4.69) is 20.8 Å². The van der Waals surface area contributed by atoms with Gasteiger partial charge in [0.1, 0.15) is 0 Å². The molecule has 4 heteroatoms. The lowest BCUT2D eigenvalue weighted by atomic mass is 10.1. The van der Waals surface area contributed by atoms with Gasteiger partial charge < -0.3 is 13.6 Å². The van der Waals surface area contributed by atoms with Gasteiger partial charge in [-0.15, -0.1) is 0 Å². The minimum atomic E-state index is -1.12. The highest BCUT2D eigenvalue weighted by atomic mass is 31.2. The van der Waals surface area contributed by atoms with Gasteiger partial charge in [0.2, 0.25) is 0 Å². The quantitative estimate of drug-likeness (QED) is 0.163. The van der Waals surface area contributed by atoms with Gasteiger partial charge in [-0.3, -0.25) is 0 Å². The van der Waals surface area contributed by atoms with Crippen LogP contribution in [0.2, 0.25) is 0 Å². The van der Waals surface area contributed by atoms with Crippen molar-refractivity contribution in [1.82, 2.24) is 0 Å². The van der Waals surface area contributed by atoms with Gasteiger partial charge in [-0.1, -0.05) is 91.4 Å². The second-order valence-electron chi connectivity index (χ2n) is 6.61. The highest BCUT2D eigenvalue weighted by molar-refractivity contribution is 7.41. The SMILES string of the molecule is CCCCCCCCCCCCOP(OCCCC)OCCCC. The summed E-state index contributed by atoms with van der Waals surface area (Å²) in [5.74, 6) is 0.